The number of methoxy groups -OCH3 is 3. The van der Waals surface area contributed by atoms with E-state index in [1.807, 2.05) is 19.1 Å². The molecule has 1 aromatic carbocycles. The van der Waals surface area contributed by atoms with Crippen molar-refractivity contribution >= 4 is 0 Å². The lowest BCUT2D eigenvalue weighted by atomic mass is 10.1. The minimum absolute atomic E-state index is 0.0384. The maximum absolute atomic E-state index is 5.44. The van der Waals surface area contributed by atoms with Gasteiger partial charge in [-0.15, -0.1) is 6.42 Å². The summed E-state index contributed by atoms with van der Waals surface area (Å²) >= 11 is 0. The van der Waals surface area contributed by atoms with Crippen LogP contribution in [0.2, 0.25) is 0 Å². The van der Waals surface area contributed by atoms with Crippen LogP contribution >= 0.6 is 0 Å². The first-order valence-corrected chi connectivity index (χ1v) is 6.18. The number of rotatable bonds is 7. The van der Waals surface area contributed by atoms with E-state index in [-0.39, 0.29) is 6.04 Å². The molecule has 0 fully saturated rings. The van der Waals surface area contributed by atoms with Crippen LogP contribution in [0, 0.1) is 12.3 Å². The van der Waals surface area contributed by atoms with Crippen molar-refractivity contribution in [3.8, 4) is 29.6 Å². The zero-order valence-electron chi connectivity index (χ0n) is 11.9. The van der Waals surface area contributed by atoms with Crippen molar-refractivity contribution in [2.24, 2.45) is 0 Å². The third kappa shape index (κ3) is 3.80. The molecule has 0 aliphatic heterocycles. The summed E-state index contributed by atoms with van der Waals surface area (Å²) in [6.07, 6.45) is 6.31. The van der Waals surface area contributed by atoms with Gasteiger partial charge in [0.15, 0.2) is 0 Å². The van der Waals surface area contributed by atoms with Crippen LogP contribution in [0.15, 0.2) is 12.1 Å². The van der Waals surface area contributed by atoms with Gasteiger partial charge < -0.3 is 14.2 Å². The second kappa shape index (κ2) is 7.55. The molecule has 0 spiro atoms. The highest BCUT2D eigenvalue weighted by atomic mass is 16.5. The summed E-state index contributed by atoms with van der Waals surface area (Å²) < 4.78 is 16.0. The van der Waals surface area contributed by atoms with Crippen molar-refractivity contribution in [1.82, 2.24) is 5.32 Å². The minimum Gasteiger partial charge on any atom is -0.496 e. The van der Waals surface area contributed by atoms with Crippen LogP contribution in [-0.2, 0) is 6.54 Å². The van der Waals surface area contributed by atoms with Crippen molar-refractivity contribution in [3.63, 3.8) is 0 Å². The Morgan fingerprint density at radius 3 is 2.11 bits per heavy atom. The molecule has 0 aliphatic carbocycles. The SMILES string of the molecule is C#CC(CC)NCc1c(OC)cc(OC)cc1OC. The highest BCUT2D eigenvalue weighted by Gasteiger charge is 2.14. The quantitative estimate of drug-likeness (QED) is 0.766. The molecule has 0 saturated heterocycles. The van der Waals surface area contributed by atoms with Crippen LogP contribution in [0.1, 0.15) is 18.9 Å². The van der Waals surface area contributed by atoms with E-state index in [2.05, 4.69) is 11.2 Å². The van der Waals surface area contributed by atoms with E-state index < -0.39 is 0 Å². The molecule has 0 aromatic heterocycles. The van der Waals surface area contributed by atoms with E-state index in [1.165, 1.54) is 0 Å². The van der Waals surface area contributed by atoms with Gasteiger partial charge in [0.05, 0.1) is 32.9 Å². The van der Waals surface area contributed by atoms with Crippen LogP contribution < -0.4 is 19.5 Å². The van der Waals surface area contributed by atoms with Gasteiger partial charge in [-0.1, -0.05) is 12.8 Å². The molecule has 0 aliphatic rings. The van der Waals surface area contributed by atoms with E-state index in [9.17, 15) is 0 Å². The van der Waals surface area contributed by atoms with Crippen LogP contribution in [0.4, 0.5) is 0 Å². The fraction of sp³-hybridized carbons (Fsp3) is 0.467. The van der Waals surface area contributed by atoms with Gasteiger partial charge in [-0.25, -0.2) is 0 Å². The zero-order valence-corrected chi connectivity index (χ0v) is 11.9. The van der Waals surface area contributed by atoms with Gasteiger partial charge in [-0.3, -0.25) is 5.32 Å². The average Bonchev–Trinajstić information content (AvgIpc) is 2.47. The molecule has 1 rings (SSSR count). The predicted octanol–water partition coefficient (Wildman–Crippen LogP) is 2.21. The molecular weight excluding hydrogens is 242 g/mol. The number of hydrogen-bond acceptors (Lipinski definition) is 4. The third-order valence-electron chi connectivity index (χ3n) is 2.95. The molecule has 4 nitrogen and oxygen atoms in total. The average molecular weight is 263 g/mol. The molecule has 104 valence electrons. The predicted molar refractivity (Wildman–Crippen MR) is 75.8 cm³/mol. The van der Waals surface area contributed by atoms with Crippen molar-refractivity contribution in [2.45, 2.75) is 25.9 Å². The molecule has 1 N–H and O–H groups in total. The van der Waals surface area contributed by atoms with E-state index in [1.54, 1.807) is 21.3 Å². The summed E-state index contributed by atoms with van der Waals surface area (Å²) in [6.45, 7) is 2.62. The van der Waals surface area contributed by atoms with Gasteiger partial charge in [0.25, 0.3) is 0 Å². The summed E-state index contributed by atoms with van der Waals surface area (Å²) in [4.78, 5) is 0. The fourth-order valence-electron chi connectivity index (χ4n) is 1.80. The Morgan fingerprint density at radius 1 is 1.16 bits per heavy atom. The molecule has 0 heterocycles. The van der Waals surface area contributed by atoms with Crippen molar-refractivity contribution < 1.29 is 14.2 Å². The second-order valence-corrected chi connectivity index (χ2v) is 4.02. The number of ether oxygens (including phenoxy) is 3. The fourth-order valence-corrected chi connectivity index (χ4v) is 1.80. The second-order valence-electron chi connectivity index (χ2n) is 4.02. The van der Waals surface area contributed by atoms with Crippen LogP contribution in [0.3, 0.4) is 0 Å². The number of terminal acetylenes is 1. The topological polar surface area (TPSA) is 39.7 Å². The molecule has 1 unspecified atom stereocenters. The molecule has 0 amide bonds. The van der Waals surface area contributed by atoms with E-state index >= 15 is 0 Å². The Bertz CT molecular complexity index is 426. The first-order valence-electron chi connectivity index (χ1n) is 6.18. The summed E-state index contributed by atoms with van der Waals surface area (Å²) in [5, 5.41) is 3.29. The number of benzene rings is 1. The van der Waals surface area contributed by atoms with Gasteiger partial charge in [-0.05, 0) is 6.42 Å². The maximum Gasteiger partial charge on any atom is 0.130 e. The van der Waals surface area contributed by atoms with Gasteiger partial charge in [0.1, 0.15) is 17.2 Å². The van der Waals surface area contributed by atoms with Crippen LogP contribution in [0.5, 0.6) is 17.2 Å². The zero-order chi connectivity index (χ0) is 14.3. The first-order chi connectivity index (χ1) is 9.19. The standard InChI is InChI=1S/C15H21NO3/c1-6-11(7-2)16-10-13-14(18-4)8-12(17-3)9-15(13)19-5/h1,8-9,11,16H,7,10H2,2-5H3. The Balaban J connectivity index is 3.00. The smallest absolute Gasteiger partial charge is 0.130 e. The molecule has 1 atom stereocenters. The van der Waals surface area contributed by atoms with Gasteiger partial charge in [0.2, 0.25) is 0 Å². The lowest BCUT2D eigenvalue weighted by molar-refractivity contribution is 0.365. The Labute approximate surface area is 115 Å². The monoisotopic (exact) mass is 263 g/mol. The summed E-state index contributed by atoms with van der Waals surface area (Å²) in [7, 11) is 4.85. The maximum atomic E-state index is 5.44. The molecule has 1 aromatic rings. The molecule has 0 saturated carbocycles. The summed E-state index contributed by atoms with van der Waals surface area (Å²) in [5.74, 6) is 4.83. The van der Waals surface area contributed by atoms with Crippen molar-refractivity contribution in [3.05, 3.63) is 17.7 Å². The van der Waals surface area contributed by atoms with E-state index in [0.717, 1.165) is 23.5 Å². The highest BCUT2D eigenvalue weighted by Crippen LogP contribution is 2.33. The molecule has 0 radical (unpaired) electrons. The normalized spacial score (nSPS) is 11.5. The largest absolute Gasteiger partial charge is 0.496 e. The van der Waals surface area contributed by atoms with Crippen molar-refractivity contribution in [1.29, 1.82) is 0 Å². The highest BCUT2D eigenvalue weighted by molar-refractivity contribution is 5.50. The summed E-state index contributed by atoms with van der Waals surface area (Å²) in [5.41, 5.74) is 0.930. The van der Waals surface area contributed by atoms with Crippen LogP contribution in [-0.4, -0.2) is 27.4 Å². The lowest BCUT2D eigenvalue weighted by Gasteiger charge is -2.17. The Kier molecular flexibility index (Phi) is 6.04. The Morgan fingerprint density at radius 2 is 1.74 bits per heavy atom. The lowest BCUT2D eigenvalue weighted by Crippen LogP contribution is -2.26. The van der Waals surface area contributed by atoms with Crippen molar-refractivity contribution in [2.75, 3.05) is 21.3 Å². The number of hydrogen-bond donors (Lipinski definition) is 1. The van der Waals surface area contributed by atoms with E-state index in [4.69, 9.17) is 20.6 Å². The van der Waals surface area contributed by atoms with Gasteiger partial charge >= 0.3 is 0 Å². The molecular formula is C15H21NO3. The summed E-state index contributed by atoms with van der Waals surface area (Å²) in [6, 6.07) is 3.70. The van der Waals surface area contributed by atoms with Crippen LogP contribution in [0.25, 0.3) is 0 Å². The minimum atomic E-state index is 0.0384. The molecule has 4 heteroatoms. The van der Waals surface area contributed by atoms with Gasteiger partial charge in [0, 0.05) is 18.7 Å². The first kappa shape index (κ1) is 15.2. The number of nitrogens with one attached hydrogen (secondary N) is 1. The molecule has 19 heavy (non-hydrogen) atoms. The molecule has 0 bridgehead atoms. The van der Waals surface area contributed by atoms with E-state index in [0.29, 0.717) is 12.3 Å². The Hall–Kier alpha value is -1.86. The van der Waals surface area contributed by atoms with Gasteiger partial charge in [-0.2, -0.15) is 0 Å². The third-order valence-corrected chi connectivity index (χ3v) is 2.95.